The second-order valence-electron chi connectivity index (χ2n) is 10.3. The van der Waals surface area contributed by atoms with Crippen LogP contribution in [-0.4, -0.2) is 134 Å². The lowest BCUT2D eigenvalue weighted by Gasteiger charge is -2.44. The Kier molecular flexibility index (Phi) is 10.2. The van der Waals surface area contributed by atoms with Crippen molar-refractivity contribution in [1.82, 2.24) is 24.8 Å². The van der Waals surface area contributed by atoms with Gasteiger partial charge in [0.25, 0.3) is 5.79 Å². The van der Waals surface area contributed by atoms with Crippen molar-refractivity contribution < 1.29 is 73.3 Å². The van der Waals surface area contributed by atoms with Crippen LogP contribution in [0.5, 0.6) is 0 Å². The maximum Gasteiger partial charge on any atom is 0.472 e. The number of aliphatic carboxylic acids is 1. The van der Waals surface area contributed by atoms with Crippen LogP contribution < -0.4 is 11.1 Å². The lowest BCUT2D eigenvalue weighted by Crippen LogP contribution is -2.61. The average molecular weight is 653 g/mol. The average Bonchev–Trinajstić information content (AvgIpc) is 3.47. The number of nitrogens with two attached hydrogens (primary N) is 1. The number of aliphatic hydroxyl groups excluding tert-OH is 5. The summed E-state index contributed by atoms with van der Waals surface area (Å²) in [5.74, 6) is -6.85. The van der Waals surface area contributed by atoms with Crippen molar-refractivity contribution in [2.75, 3.05) is 18.9 Å². The summed E-state index contributed by atoms with van der Waals surface area (Å²) in [4.78, 5) is 44.9. The number of hydrogen-bond donors (Lipinski definition) is 10. The Labute approximate surface area is 247 Å². The number of imidazole rings is 1. The molecule has 44 heavy (non-hydrogen) atoms. The topological polar surface area (TPSA) is 332 Å². The van der Waals surface area contributed by atoms with E-state index in [1.54, 1.807) is 0 Å². The molecule has 0 radical (unpaired) electrons. The van der Waals surface area contributed by atoms with Crippen molar-refractivity contribution in [1.29, 1.82) is 0 Å². The van der Waals surface area contributed by atoms with Gasteiger partial charge in [0, 0.05) is 19.8 Å². The summed E-state index contributed by atoms with van der Waals surface area (Å²) in [6.07, 6.45) is -11.7. The molecule has 0 spiro atoms. The first-order chi connectivity index (χ1) is 20.5. The second kappa shape index (κ2) is 13.2. The van der Waals surface area contributed by atoms with Gasteiger partial charge < -0.3 is 61.2 Å². The number of aliphatic hydroxyl groups is 6. The number of nitrogens with one attached hydrogen (secondary N) is 1. The van der Waals surface area contributed by atoms with Crippen molar-refractivity contribution in [3.05, 3.63) is 12.7 Å². The fourth-order valence-electron chi connectivity index (χ4n) is 4.98. The van der Waals surface area contributed by atoms with Crippen LogP contribution in [0.4, 0.5) is 5.82 Å². The van der Waals surface area contributed by atoms with E-state index in [-0.39, 0.29) is 17.0 Å². The third-order valence-electron chi connectivity index (χ3n) is 7.09. The standard InChI is InChI=1S/C22H33N6O15P/c1-8(29)27-19(34)13-10(31)3-22(37,21(35)36)43-11(13)2-9(30)4-40-44(38,39)41-5-12-15(32)16(33)20(42-12)28-7-26-14-17(23)24-6-25-18(14)28/h6-7,9-13,15-16,19-20,30-34,37H,2-5H2,1H3,(H,27,29)(H,35,36)(H,38,39)(H2,23,24,25)/t9-,10-,11-,12+,13-,15+,16+,19-,20+,22-/m0/s1. The van der Waals surface area contributed by atoms with Gasteiger partial charge in [0.1, 0.15) is 36.4 Å². The highest BCUT2D eigenvalue weighted by Gasteiger charge is 2.53. The molecule has 2 fully saturated rings. The predicted octanol–water partition coefficient (Wildman–Crippen LogP) is -4.09. The number of carbonyl (C=O) groups excluding carboxylic acids is 1. The van der Waals surface area contributed by atoms with Crippen molar-refractivity contribution in [2.45, 2.75) is 74.6 Å². The highest BCUT2D eigenvalue weighted by Crippen LogP contribution is 2.45. The first kappa shape index (κ1) is 34.0. The molecule has 21 nitrogen and oxygen atoms in total. The molecule has 4 rings (SSSR count). The van der Waals surface area contributed by atoms with E-state index in [1.807, 2.05) is 0 Å². The Morgan fingerprint density at radius 1 is 1.20 bits per heavy atom. The summed E-state index contributed by atoms with van der Waals surface area (Å²) in [5.41, 5.74) is 6.15. The van der Waals surface area contributed by atoms with Gasteiger partial charge in [-0.3, -0.25) is 18.4 Å². The second-order valence-corrected chi connectivity index (χ2v) is 11.8. The van der Waals surface area contributed by atoms with Crippen molar-refractivity contribution in [3.63, 3.8) is 0 Å². The van der Waals surface area contributed by atoms with E-state index in [0.717, 1.165) is 13.3 Å². The number of nitrogens with zero attached hydrogens (tertiary/aromatic N) is 4. The molecule has 11 N–H and O–H groups in total. The third-order valence-corrected chi connectivity index (χ3v) is 8.04. The number of aromatic nitrogens is 4. The van der Waals surface area contributed by atoms with E-state index in [4.69, 9.17) is 24.3 Å². The van der Waals surface area contributed by atoms with E-state index in [9.17, 15) is 54.8 Å². The number of carboxylic acids is 1. The van der Waals surface area contributed by atoms with E-state index < -0.39 is 107 Å². The molecule has 246 valence electrons. The van der Waals surface area contributed by atoms with Gasteiger partial charge in [-0.2, -0.15) is 0 Å². The van der Waals surface area contributed by atoms with Crippen molar-refractivity contribution >= 4 is 36.7 Å². The van der Waals surface area contributed by atoms with Gasteiger partial charge in [0.15, 0.2) is 17.7 Å². The van der Waals surface area contributed by atoms with Crippen LogP contribution in [0.15, 0.2) is 12.7 Å². The number of anilines is 1. The molecule has 22 heteroatoms. The van der Waals surface area contributed by atoms with Gasteiger partial charge in [-0.1, -0.05) is 0 Å². The minimum atomic E-state index is -4.96. The van der Waals surface area contributed by atoms with Crippen LogP contribution in [-0.2, 0) is 32.7 Å². The molecule has 2 saturated heterocycles. The summed E-state index contributed by atoms with van der Waals surface area (Å²) in [6, 6.07) is 0. The smallest absolute Gasteiger partial charge is 0.472 e. The Balaban J connectivity index is 1.35. The van der Waals surface area contributed by atoms with Gasteiger partial charge in [-0.15, -0.1) is 0 Å². The summed E-state index contributed by atoms with van der Waals surface area (Å²) in [5, 5.41) is 73.8. The quantitative estimate of drug-likeness (QED) is 0.0769. The Morgan fingerprint density at radius 2 is 1.91 bits per heavy atom. The number of amides is 1. The molecule has 2 aromatic rings. The van der Waals surface area contributed by atoms with Gasteiger partial charge in [0.05, 0.1) is 43.8 Å². The number of phosphoric acid groups is 1. The summed E-state index contributed by atoms with van der Waals surface area (Å²) in [7, 11) is -4.96. The monoisotopic (exact) mass is 652 g/mol. The van der Waals surface area contributed by atoms with Crippen LogP contribution >= 0.6 is 7.82 Å². The zero-order valence-electron chi connectivity index (χ0n) is 22.9. The van der Waals surface area contributed by atoms with Gasteiger partial charge in [-0.05, 0) is 0 Å². The number of phosphoric ester groups is 1. The highest BCUT2D eigenvalue weighted by atomic mass is 31.2. The number of hydrogen-bond acceptors (Lipinski definition) is 17. The zero-order valence-corrected chi connectivity index (χ0v) is 23.8. The number of fused-ring (bicyclic) bond motifs is 1. The summed E-state index contributed by atoms with van der Waals surface area (Å²) in [6.45, 7) is -0.638. The van der Waals surface area contributed by atoms with E-state index >= 15 is 0 Å². The molecule has 0 aliphatic carbocycles. The lowest BCUT2D eigenvalue weighted by molar-refractivity contribution is -0.297. The Morgan fingerprint density at radius 3 is 2.57 bits per heavy atom. The molecular weight excluding hydrogens is 619 g/mol. The minimum absolute atomic E-state index is 0.0606. The molecule has 0 bridgehead atoms. The molecule has 2 aliphatic heterocycles. The molecule has 0 saturated carbocycles. The Hall–Kier alpha value is -2.92. The fraction of sp³-hybridized carbons (Fsp3) is 0.682. The van der Waals surface area contributed by atoms with E-state index in [2.05, 4.69) is 20.3 Å². The maximum absolute atomic E-state index is 12.5. The van der Waals surface area contributed by atoms with Gasteiger partial charge >= 0.3 is 13.8 Å². The SMILES string of the molecule is CC(=O)N[C@@H](O)[C@@H]1[C@H](C[C@H](O)COP(=O)(O)OC[C@H]2O[C@@H](n3cnc4c(N)ncnc43)[C@H](O)[C@@H]2O)O[C@](O)(C(=O)O)C[C@@H]1O. The lowest BCUT2D eigenvalue weighted by atomic mass is 9.83. The summed E-state index contributed by atoms with van der Waals surface area (Å²) < 4.78 is 34.2. The Bertz CT molecular complexity index is 1400. The third kappa shape index (κ3) is 7.30. The zero-order chi connectivity index (χ0) is 32.6. The number of nitrogen functional groups attached to an aromatic ring is 1. The molecule has 2 aliphatic rings. The van der Waals surface area contributed by atoms with Crippen LogP contribution in [0.2, 0.25) is 0 Å². The molecule has 2 aromatic heterocycles. The summed E-state index contributed by atoms with van der Waals surface area (Å²) >= 11 is 0. The normalized spacial score (nSPS) is 33.5. The molecule has 0 aromatic carbocycles. The maximum atomic E-state index is 12.5. The van der Waals surface area contributed by atoms with E-state index in [0.29, 0.717) is 0 Å². The molecule has 1 unspecified atom stereocenters. The van der Waals surface area contributed by atoms with Crippen LogP contribution in [0.3, 0.4) is 0 Å². The number of carboxylic acid groups (broad SMARTS) is 1. The van der Waals surface area contributed by atoms with Crippen LogP contribution in [0.1, 0.15) is 26.0 Å². The van der Waals surface area contributed by atoms with E-state index in [1.165, 1.54) is 10.9 Å². The number of rotatable bonds is 12. The van der Waals surface area contributed by atoms with Gasteiger partial charge in [0.2, 0.25) is 5.91 Å². The fourth-order valence-corrected chi connectivity index (χ4v) is 5.75. The van der Waals surface area contributed by atoms with Crippen molar-refractivity contribution in [3.8, 4) is 0 Å². The van der Waals surface area contributed by atoms with Gasteiger partial charge in [-0.25, -0.2) is 24.3 Å². The predicted molar refractivity (Wildman–Crippen MR) is 139 cm³/mol. The first-order valence-corrected chi connectivity index (χ1v) is 14.5. The number of ether oxygens (including phenoxy) is 2. The molecule has 4 heterocycles. The molecule has 1 amide bonds. The highest BCUT2D eigenvalue weighted by molar-refractivity contribution is 7.47. The van der Waals surface area contributed by atoms with Crippen molar-refractivity contribution in [2.24, 2.45) is 5.92 Å². The largest absolute Gasteiger partial charge is 0.477 e. The minimum Gasteiger partial charge on any atom is -0.477 e. The first-order valence-electron chi connectivity index (χ1n) is 13.0. The molecular formula is C22H33N6O15P. The molecule has 11 atom stereocenters. The number of carbonyl (C=O) groups is 2. The van der Waals surface area contributed by atoms with Crippen LogP contribution in [0.25, 0.3) is 11.2 Å². The van der Waals surface area contributed by atoms with Crippen LogP contribution in [0, 0.1) is 5.92 Å².